The highest BCUT2D eigenvalue weighted by molar-refractivity contribution is 5.97. The second-order valence-corrected chi connectivity index (χ2v) is 10.2. The van der Waals surface area contributed by atoms with E-state index in [1.807, 2.05) is 18.2 Å². The van der Waals surface area contributed by atoms with Crippen molar-refractivity contribution in [1.82, 2.24) is 9.97 Å². The standard InChI is InChI=1S/C29H27N3O3/c1-28(15-24-21-11-5-4-10-20(21)23(28)16-29(24)34-13-14-35-29)26(33)32-27-30-17-25(31-27)22-12-6-8-18-7-2-3-9-19(18)22/h2-12,17,23-24H,13-16H2,1H3,(H2,30,31,32,33). The lowest BCUT2D eigenvalue weighted by molar-refractivity contribution is -0.216. The van der Waals surface area contributed by atoms with Gasteiger partial charge in [-0.25, -0.2) is 4.98 Å². The molecule has 4 aliphatic rings. The normalized spacial score (nSPS) is 26.2. The molecule has 35 heavy (non-hydrogen) atoms. The minimum absolute atomic E-state index is 0.00861. The van der Waals surface area contributed by atoms with Crippen LogP contribution in [0.3, 0.4) is 0 Å². The Labute approximate surface area is 203 Å². The summed E-state index contributed by atoms with van der Waals surface area (Å²) < 4.78 is 12.4. The van der Waals surface area contributed by atoms with Gasteiger partial charge >= 0.3 is 0 Å². The van der Waals surface area contributed by atoms with E-state index in [2.05, 4.69) is 70.7 Å². The number of hydrogen-bond acceptors (Lipinski definition) is 4. The fraction of sp³-hybridized carbons (Fsp3) is 0.310. The van der Waals surface area contributed by atoms with Gasteiger partial charge in [-0.2, -0.15) is 0 Å². The van der Waals surface area contributed by atoms with E-state index in [-0.39, 0.29) is 17.7 Å². The highest BCUT2D eigenvalue weighted by Crippen LogP contribution is 2.64. The maximum atomic E-state index is 13.8. The third-order valence-corrected chi connectivity index (χ3v) is 8.35. The zero-order valence-corrected chi connectivity index (χ0v) is 19.6. The van der Waals surface area contributed by atoms with Crippen LogP contribution in [-0.2, 0) is 14.3 Å². The lowest BCUT2D eigenvalue weighted by atomic mass is 9.52. The first-order valence-corrected chi connectivity index (χ1v) is 12.3. The van der Waals surface area contributed by atoms with Crippen LogP contribution in [0.5, 0.6) is 0 Å². The molecule has 2 fully saturated rings. The fourth-order valence-electron chi connectivity index (χ4n) is 6.59. The highest BCUT2D eigenvalue weighted by Gasteiger charge is 2.63. The zero-order chi connectivity index (χ0) is 23.6. The van der Waals surface area contributed by atoms with Gasteiger partial charge in [0, 0.05) is 23.8 Å². The second-order valence-electron chi connectivity index (χ2n) is 10.2. The predicted octanol–water partition coefficient (Wildman–Crippen LogP) is 5.59. The van der Waals surface area contributed by atoms with Crippen LogP contribution in [0.4, 0.5) is 5.95 Å². The number of ether oxygens (including phenoxy) is 2. The Hall–Kier alpha value is -3.48. The Morgan fingerprint density at radius 3 is 2.49 bits per heavy atom. The molecule has 2 N–H and O–H groups in total. The number of nitrogens with one attached hydrogen (secondary N) is 2. The first kappa shape index (κ1) is 20.9. The number of nitrogens with zero attached hydrogens (tertiary/aromatic N) is 1. The molecule has 176 valence electrons. The molecule has 1 saturated heterocycles. The lowest BCUT2D eigenvalue weighted by Crippen LogP contribution is -2.56. The average Bonchev–Trinajstić information content (AvgIpc) is 3.55. The maximum absolute atomic E-state index is 13.8. The molecule has 6 nitrogen and oxygen atoms in total. The Bertz CT molecular complexity index is 1450. The molecule has 1 spiro atoms. The number of aromatic nitrogens is 2. The Morgan fingerprint density at radius 2 is 1.66 bits per heavy atom. The summed E-state index contributed by atoms with van der Waals surface area (Å²) in [5, 5.41) is 5.41. The Morgan fingerprint density at radius 1 is 0.943 bits per heavy atom. The summed E-state index contributed by atoms with van der Waals surface area (Å²) in [4.78, 5) is 21.6. The Kier molecular flexibility index (Phi) is 4.47. The van der Waals surface area contributed by atoms with E-state index >= 15 is 0 Å². The van der Waals surface area contributed by atoms with Gasteiger partial charge in [-0.15, -0.1) is 0 Å². The average molecular weight is 466 g/mol. The summed E-state index contributed by atoms with van der Waals surface area (Å²) in [5.74, 6) is -0.116. The summed E-state index contributed by atoms with van der Waals surface area (Å²) in [6.45, 7) is 3.29. The number of anilines is 1. The summed E-state index contributed by atoms with van der Waals surface area (Å²) in [5.41, 5.74) is 3.84. The van der Waals surface area contributed by atoms with Crippen molar-refractivity contribution in [3.05, 3.63) is 84.1 Å². The molecule has 3 atom stereocenters. The van der Waals surface area contributed by atoms with Crippen molar-refractivity contribution in [3.8, 4) is 11.3 Å². The number of H-pyrrole nitrogens is 1. The summed E-state index contributed by atoms with van der Waals surface area (Å²) in [7, 11) is 0. The van der Waals surface area contributed by atoms with Crippen molar-refractivity contribution in [2.24, 2.45) is 5.41 Å². The summed E-state index contributed by atoms with van der Waals surface area (Å²) >= 11 is 0. The van der Waals surface area contributed by atoms with Crippen LogP contribution in [0.25, 0.3) is 22.0 Å². The monoisotopic (exact) mass is 465 g/mol. The molecular formula is C29H27N3O3. The number of amides is 1. The molecule has 0 radical (unpaired) electrons. The van der Waals surface area contributed by atoms with Gasteiger partial charge in [0.1, 0.15) is 0 Å². The third-order valence-electron chi connectivity index (χ3n) is 8.35. The van der Waals surface area contributed by atoms with E-state index in [9.17, 15) is 4.79 Å². The van der Waals surface area contributed by atoms with Gasteiger partial charge < -0.3 is 14.5 Å². The van der Waals surface area contributed by atoms with Crippen LogP contribution in [0.15, 0.2) is 72.9 Å². The SMILES string of the molecule is CC1(C(=O)Nc2ncc(-c3cccc4ccccc34)[nH]2)CC2c3ccccc3C1CC21OCCO1. The number of fused-ring (bicyclic) bond motifs is 2. The molecule has 3 unspecified atom stereocenters. The van der Waals surface area contributed by atoms with Crippen LogP contribution < -0.4 is 5.32 Å². The second kappa shape index (κ2) is 7.51. The molecule has 8 rings (SSSR count). The van der Waals surface area contributed by atoms with Gasteiger partial charge in [-0.1, -0.05) is 73.7 Å². The molecule has 1 aliphatic heterocycles. The Balaban J connectivity index is 1.20. The highest BCUT2D eigenvalue weighted by atomic mass is 16.7. The molecule has 3 aromatic carbocycles. The van der Waals surface area contributed by atoms with Crippen molar-refractivity contribution in [1.29, 1.82) is 0 Å². The minimum atomic E-state index is -0.606. The molecule has 1 saturated carbocycles. The quantitative estimate of drug-likeness (QED) is 0.413. The number of aromatic amines is 1. The molecule has 2 bridgehead atoms. The topological polar surface area (TPSA) is 76.2 Å². The van der Waals surface area contributed by atoms with Crippen LogP contribution in [0, 0.1) is 5.41 Å². The van der Waals surface area contributed by atoms with Crippen LogP contribution in [0.2, 0.25) is 0 Å². The molecule has 2 heterocycles. The first-order chi connectivity index (χ1) is 17.1. The number of imidazole rings is 1. The van der Waals surface area contributed by atoms with Crippen molar-refractivity contribution >= 4 is 22.6 Å². The van der Waals surface area contributed by atoms with E-state index in [0.717, 1.165) is 16.6 Å². The summed E-state index contributed by atoms with van der Waals surface area (Å²) in [6, 6.07) is 22.9. The van der Waals surface area contributed by atoms with E-state index < -0.39 is 11.2 Å². The molecule has 1 aromatic heterocycles. The molecular weight excluding hydrogens is 438 g/mol. The zero-order valence-electron chi connectivity index (χ0n) is 19.6. The molecule has 4 aromatic rings. The number of rotatable bonds is 3. The first-order valence-electron chi connectivity index (χ1n) is 12.3. The van der Waals surface area contributed by atoms with Crippen LogP contribution in [-0.4, -0.2) is 34.9 Å². The van der Waals surface area contributed by atoms with Gasteiger partial charge in [0.2, 0.25) is 11.9 Å². The lowest BCUT2D eigenvalue weighted by Gasteiger charge is -2.56. The van der Waals surface area contributed by atoms with Gasteiger partial charge in [0.25, 0.3) is 0 Å². The molecule has 1 amide bonds. The maximum Gasteiger partial charge on any atom is 0.233 e. The van der Waals surface area contributed by atoms with E-state index in [0.29, 0.717) is 32.0 Å². The fourth-order valence-corrected chi connectivity index (χ4v) is 6.59. The third kappa shape index (κ3) is 3.03. The number of hydrogen-bond donors (Lipinski definition) is 2. The van der Waals surface area contributed by atoms with Gasteiger partial charge in [0.15, 0.2) is 5.79 Å². The van der Waals surface area contributed by atoms with Crippen LogP contribution in [0.1, 0.15) is 42.7 Å². The minimum Gasteiger partial charge on any atom is -0.347 e. The summed E-state index contributed by atoms with van der Waals surface area (Å²) in [6.07, 6.45) is 3.16. The smallest absolute Gasteiger partial charge is 0.233 e. The van der Waals surface area contributed by atoms with Crippen LogP contribution >= 0.6 is 0 Å². The van der Waals surface area contributed by atoms with Crippen molar-refractivity contribution in [2.45, 2.75) is 37.4 Å². The molecule has 3 aliphatic carbocycles. The van der Waals surface area contributed by atoms with Gasteiger partial charge in [0.05, 0.1) is 30.5 Å². The number of benzene rings is 3. The van der Waals surface area contributed by atoms with E-state index in [4.69, 9.17) is 9.47 Å². The number of carbonyl (C=O) groups excluding carboxylic acids is 1. The number of carbonyl (C=O) groups is 1. The van der Waals surface area contributed by atoms with E-state index in [1.54, 1.807) is 6.20 Å². The van der Waals surface area contributed by atoms with Crippen molar-refractivity contribution < 1.29 is 14.3 Å². The predicted molar refractivity (Wildman–Crippen MR) is 134 cm³/mol. The largest absolute Gasteiger partial charge is 0.347 e. The van der Waals surface area contributed by atoms with Gasteiger partial charge in [-0.05, 0) is 28.3 Å². The van der Waals surface area contributed by atoms with Gasteiger partial charge in [-0.3, -0.25) is 10.1 Å². The van der Waals surface area contributed by atoms with E-state index in [1.165, 1.54) is 16.5 Å². The molecule has 6 heteroatoms. The van der Waals surface area contributed by atoms with Crippen molar-refractivity contribution in [3.63, 3.8) is 0 Å². The van der Waals surface area contributed by atoms with Crippen molar-refractivity contribution in [2.75, 3.05) is 18.5 Å².